The first-order valence-corrected chi connectivity index (χ1v) is 19.6. The van der Waals surface area contributed by atoms with Crippen LogP contribution < -0.4 is 5.32 Å². The number of pyridine rings is 2. The van der Waals surface area contributed by atoms with E-state index < -0.39 is 0 Å². The Balaban J connectivity index is 1.03. The minimum atomic E-state index is -0.196. The van der Waals surface area contributed by atoms with E-state index in [9.17, 15) is 0 Å². The molecule has 0 bridgehead atoms. The van der Waals surface area contributed by atoms with Crippen LogP contribution >= 0.6 is 0 Å². The summed E-state index contributed by atoms with van der Waals surface area (Å²) in [6.07, 6.45) is 3.47. The van der Waals surface area contributed by atoms with Crippen molar-refractivity contribution in [3.63, 3.8) is 0 Å². The molecule has 1 atom stereocenters. The van der Waals surface area contributed by atoms with Gasteiger partial charge in [-0.05, 0) is 98.8 Å². The van der Waals surface area contributed by atoms with Gasteiger partial charge in [0.2, 0.25) is 12.0 Å². The lowest BCUT2D eigenvalue weighted by Crippen LogP contribution is -2.90. The Kier molecular flexibility index (Phi) is 9.32. The second-order valence-corrected chi connectivity index (χ2v) is 14.5. The molecule has 7 aromatic carbocycles. The van der Waals surface area contributed by atoms with Gasteiger partial charge in [0.05, 0.1) is 17.0 Å². The lowest BCUT2D eigenvalue weighted by molar-refractivity contribution is -0.586. The van der Waals surface area contributed by atoms with Crippen LogP contribution in [-0.2, 0) is 0 Å². The highest BCUT2D eigenvalue weighted by Gasteiger charge is 2.26. The lowest BCUT2D eigenvalue weighted by atomic mass is 9.95. The fourth-order valence-electron chi connectivity index (χ4n) is 7.67. The van der Waals surface area contributed by atoms with Gasteiger partial charge in [0.15, 0.2) is 5.84 Å². The summed E-state index contributed by atoms with van der Waals surface area (Å²) in [5.74, 6) is 1.66. The predicted molar refractivity (Wildman–Crippen MR) is 237 cm³/mol. The SMILES string of the molecule is c1ccc(C2=NC(c3cccc(-c4cccc(-c5cc(-c6ccc(-c7ccncc7)cc6)cc(-c6ccc7ccccc7c6)n5)c4)c3)[NH2+]C(c3ccccc3)=N2)cc1. The average Bonchev–Trinajstić information content (AvgIpc) is 3.32. The number of hydrogen-bond acceptors (Lipinski definition) is 4. The van der Waals surface area contributed by atoms with Gasteiger partial charge in [-0.2, -0.15) is 4.99 Å². The van der Waals surface area contributed by atoms with E-state index in [-0.39, 0.29) is 6.17 Å². The third kappa shape index (κ3) is 7.26. The largest absolute Gasteiger partial charge is 0.272 e. The molecule has 1 aliphatic rings. The van der Waals surface area contributed by atoms with Crippen LogP contribution in [0, 0.1) is 0 Å². The zero-order chi connectivity index (χ0) is 38.7. The maximum Gasteiger partial charge on any atom is 0.235 e. The molecule has 10 rings (SSSR count). The molecule has 0 spiro atoms. The van der Waals surface area contributed by atoms with Crippen molar-refractivity contribution >= 4 is 22.4 Å². The summed E-state index contributed by atoms with van der Waals surface area (Å²) in [6, 6.07) is 70.3. The Morgan fingerprint density at radius 2 is 0.914 bits per heavy atom. The molecule has 3 heterocycles. The van der Waals surface area contributed by atoms with E-state index in [4.69, 9.17) is 15.0 Å². The fourth-order valence-corrected chi connectivity index (χ4v) is 7.67. The molecule has 0 amide bonds. The molecule has 58 heavy (non-hydrogen) atoms. The van der Waals surface area contributed by atoms with Crippen molar-refractivity contribution in [2.45, 2.75) is 6.17 Å². The number of fused-ring (bicyclic) bond motifs is 1. The van der Waals surface area contributed by atoms with E-state index in [0.29, 0.717) is 0 Å². The molecule has 0 saturated carbocycles. The third-order valence-corrected chi connectivity index (χ3v) is 10.7. The van der Waals surface area contributed by atoms with Gasteiger partial charge in [-0.25, -0.2) is 9.98 Å². The van der Waals surface area contributed by atoms with Crippen LogP contribution in [0.3, 0.4) is 0 Å². The zero-order valence-electron chi connectivity index (χ0n) is 31.7. The van der Waals surface area contributed by atoms with Crippen LogP contribution in [0.15, 0.2) is 223 Å². The van der Waals surface area contributed by atoms with Crippen LogP contribution in [0.4, 0.5) is 0 Å². The van der Waals surface area contributed by atoms with Gasteiger partial charge in [0.1, 0.15) is 0 Å². The predicted octanol–water partition coefficient (Wildman–Crippen LogP) is 11.4. The van der Waals surface area contributed by atoms with Crippen molar-refractivity contribution in [1.82, 2.24) is 9.97 Å². The maximum atomic E-state index is 5.33. The highest BCUT2D eigenvalue weighted by Crippen LogP contribution is 2.34. The molecule has 2 N–H and O–H groups in total. The smallest absolute Gasteiger partial charge is 0.235 e. The molecule has 0 fully saturated rings. The van der Waals surface area contributed by atoms with E-state index >= 15 is 0 Å². The molecule has 5 heteroatoms. The highest BCUT2D eigenvalue weighted by molar-refractivity contribution is 6.09. The lowest BCUT2D eigenvalue weighted by Gasteiger charge is -2.19. The maximum absolute atomic E-state index is 5.33. The van der Waals surface area contributed by atoms with Crippen molar-refractivity contribution in [3.05, 3.63) is 229 Å². The van der Waals surface area contributed by atoms with Crippen LogP contribution in [0.5, 0.6) is 0 Å². The fraction of sp³-hybridized carbons (Fsp3) is 0.0189. The molecule has 0 aliphatic carbocycles. The van der Waals surface area contributed by atoms with Crippen LogP contribution in [0.1, 0.15) is 22.9 Å². The molecule has 0 radical (unpaired) electrons. The van der Waals surface area contributed by atoms with E-state index in [1.54, 1.807) is 0 Å². The Morgan fingerprint density at radius 1 is 0.362 bits per heavy atom. The normalized spacial score (nSPS) is 13.8. The zero-order valence-corrected chi connectivity index (χ0v) is 31.7. The number of nitrogens with zero attached hydrogens (tertiary/aromatic N) is 4. The number of hydrogen-bond donors (Lipinski definition) is 1. The summed E-state index contributed by atoms with van der Waals surface area (Å²) in [7, 11) is 0. The summed E-state index contributed by atoms with van der Waals surface area (Å²) < 4.78 is 0. The molecule has 1 aliphatic heterocycles. The van der Waals surface area contributed by atoms with Gasteiger partial charge in [-0.1, -0.05) is 146 Å². The van der Waals surface area contributed by atoms with Gasteiger partial charge in [-0.3, -0.25) is 10.3 Å². The van der Waals surface area contributed by atoms with Gasteiger partial charge in [0, 0.05) is 34.6 Å². The van der Waals surface area contributed by atoms with E-state index in [1.807, 2.05) is 48.8 Å². The number of aliphatic imine (C=N–C) groups is 2. The highest BCUT2D eigenvalue weighted by atomic mass is 15.2. The summed E-state index contributed by atoms with van der Waals surface area (Å²) >= 11 is 0. The van der Waals surface area contributed by atoms with E-state index in [1.165, 1.54) is 10.8 Å². The molecule has 9 aromatic rings. The van der Waals surface area contributed by atoms with Crippen molar-refractivity contribution in [2.75, 3.05) is 0 Å². The van der Waals surface area contributed by atoms with Gasteiger partial charge >= 0.3 is 0 Å². The van der Waals surface area contributed by atoms with Gasteiger partial charge < -0.3 is 0 Å². The Hall–Kier alpha value is -7.60. The topological polar surface area (TPSA) is 67.1 Å². The first kappa shape index (κ1) is 34.9. The number of quaternary nitrogens is 1. The minimum Gasteiger partial charge on any atom is -0.272 e. The molecule has 0 saturated heterocycles. The first-order valence-electron chi connectivity index (χ1n) is 19.6. The van der Waals surface area contributed by atoms with E-state index in [0.717, 1.165) is 84.3 Å². The Labute approximate surface area is 337 Å². The number of rotatable bonds is 8. The number of aromatic nitrogens is 2. The number of benzene rings is 7. The molecule has 1 unspecified atom stereocenters. The summed E-state index contributed by atoms with van der Waals surface area (Å²) in [5, 5.41) is 4.57. The van der Waals surface area contributed by atoms with E-state index in [2.05, 4.69) is 174 Å². The molecule has 274 valence electrons. The third-order valence-electron chi connectivity index (χ3n) is 10.7. The number of amidine groups is 2. The minimum absolute atomic E-state index is 0.196. The second kappa shape index (κ2) is 15.5. The molecular weight excluding hydrogens is 707 g/mol. The summed E-state index contributed by atoms with van der Waals surface area (Å²) in [5.41, 5.74) is 13.9. The number of nitrogens with two attached hydrogens (primary N) is 1. The molecule has 5 nitrogen and oxygen atoms in total. The monoisotopic (exact) mass is 744 g/mol. The van der Waals surface area contributed by atoms with Gasteiger partial charge in [-0.15, -0.1) is 0 Å². The van der Waals surface area contributed by atoms with Crippen molar-refractivity contribution in [3.8, 4) is 55.9 Å². The quantitative estimate of drug-likeness (QED) is 0.168. The van der Waals surface area contributed by atoms with Crippen LogP contribution in [0.2, 0.25) is 0 Å². The summed E-state index contributed by atoms with van der Waals surface area (Å²) in [6.45, 7) is 0. The van der Waals surface area contributed by atoms with Crippen LogP contribution in [0.25, 0.3) is 66.7 Å². The molecular formula is C53H38N5+. The van der Waals surface area contributed by atoms with Crippen molar-refractivity contribution in [2.24, 2.45) is 9.98 Å². The Morgan fingerprint density at radius 3 is 1.66 bits per heavy atom. The summed E-state index contributed by atoms with van der Waals surface area (Å²) in [4.78, 5) is 19.7. The average molecular weight is 745 g/mol. The van der Waals surface area contributed by atoms with Gasteiger partial charge in [0.25, 0.3) is 0 Å². The molecule has 2 aromatic heterocycles. The standard InChI is InChI=1S/C53H37N5/c1-3-12-40(13-4-1)51-56-52(41-14-5-2-6-15-41)58-53(57-51)47-20-10-18-44(33-47)43-17-9-19-45(32-43)49-34-48(38-23-21-37(22-24-38)39-27-29-54-30-28-39)35-50(55-49)46-26-25-36-11-7-8-16-42(36)31-46/h1-35,53H,(H,56,57,58)/p+1. The van der Waals surface area contributed by atoms with Crippen LogP contribution in [-0.4, -0.2) is 21.6 Å². The first-order chi connectivity index (χ1) is 28.7. The van der Waals surface area contributed by atoms with Crippen molar-refractivity contribution < 1.29 is 5.32 Å². The second-order valence-electron chi connectivity index (χ2n) is 14.5. The van der Waals surface area contributed by atoms with Crippen molar-refractivity contribution in [1.29, 1.82) is 0 Å². The Bertz CT molecular complexity index is 2960.